The number of hydrogen-bond acceptors (Lipinski definition) is 5. The molecule has 168 valence electrons. The van der Waals surface area contributed by atoms with Gasteiger partial charge in [0.15, 0.2) is 17.2 Å². The molecule has 0 atom stereocenters. The molecule has 0 aliphatic rings. The van der Waals surface area contributed by atoms with Crippen molar-refractivity contribution in [3.63, 3.8) is 0 Å². The largest absolute Gasteiger partial charge is 0.504 e. The number of hydroxylamine groups is 1. The van der Waals surface area contributed by atoms with Gasteiger partial charge in [-0.3, -0.25) is 0 Å². The van der Waals surface area contributed by atoms with E-state index in [9.17, 15) is 5.11 Å². The minimum absolute atomic E-state index is 0.119. The maximum absolute atomic E-state index is 10.2. The second kappa shape index (κ2) is 11.0. The van der Waals surface area contributed by atoms with Gasteiger partial charge in [-0.1, -0.05) is 72.8 Å². The summed E-state index contributed by atoms with van der Waals surface area (Å²) in [5.41, 5.74) is 3.92. The highest BCUT2D eigenvalue weighted by atomic mass is 16.7. The lowest BCUT2D eigenvalue weighted by atomic mass is 10.0. The first kappa shape index (κ1) is 22.1. The van der Waals surface area contributed by atoms with E-state index in [-0.39, 0.29) is 5.75 Å². The number of anilines is 2. The van der Waals surface area contributed by atoms with Crippen LogP contribution in [0.1, 0.15) is 6.92 Å². The first-order chi connectivity index (χ1) is 16.3. The Morgan fingerprint density at radius 1 is 0.788 bits per heavy atom. The summed E-state index contributed by atoms with van der Waals surface area (Å²) in [5, 5.41) is 15.4. The molecule has 33 heavy (non-hydrogen) atoms. The molecule has 0 heterocycles. The van der Waals surface area contributed by atoms with Crippen molar-refractivity contribution in [2.75, 3.05) is 30.1 Å². The Morgan fingerprint density at radius 3 is 2.24 bits per heavy atom. The SMILES string of the molecule is CCOc1c(O)cccc1NCCN(Oc1ccccc1)c1ccccc1-c1ccccc1. The quantitative estimate of drug-likeness (QED) is 0.281. The molecule has 0 radical (unpaired) electrons. The average Bonchev–Trinajstić information content (AvgIpc) is 2.86. The standard InChI is InChI=1S/C28H28N2O3/c1-2-32-28-25(17-11-19-27(28)31)29-20-21-30(33-23-14-7-4-8-15-23)26-18-10-9-16-24(26)22-12-5-3-6-13-22/h3-19,29,31H,2,20-21H2,1H3. The van der Waals surface area contributed by atoms with E-state index in [4.69, 9.17) is 9.57 Å². The van der Waals surface area contributed by atoms with Crippen molar-refractivity contribution in [3.05, 3.63) is 103 Å². The van der Waals surface area contributed by atoms with E-state index in [1.807, 2.05) is 78.7 Å². The summed E-state index contributed by atoms with van der Waals surface area (Å²) in [6.45, 7) is 3.49. The molecule has 5 heteroatoms. The smallest absolute Gasteiger partial charge is 0.184 e. The fraction of sp³-hybridized carbons (Fsp3) is 0.143. The summed E-state index contributed by atoms with van der Waals surface area (Å²) < 4.78 is 5.63. The molecular formula is C28H28N2O3. The average molecular weight is 441 g/mol. The van der Waals surface area contributed by atoms with Gasteiger partial charge in [0, 0.05) is 12.1 Å². The van der Waals surface area contributed by atoms with E-state index in [2.05, 4.69) is 29.6 Å². The highest BCUT2D eigenvalue weighted by molar-refractivity contribution is 5.78. The van der Waals surface area contributed by atoms with Crippen molar-refractivity contribution < 1.29 is 14.7 Å². The number of hydrogen-bond donors (Lipinski definition) is 2. The van der Waals surface area contributed by atoms with E-state index in [0.717, 1.165) is 28.3 Å². The lowest BCUT2D eigenvalue weighted by Gasteiger charge is -2.27. The Kier molecular flexibility index (Phi) is 7.33. The van der Waals surface area contributed by atoms with Crippen LogP contribution in [0.2, 0.25) is 0 Å². The van der Waals surface area contributed by atoms with Gasteiger partial charge >= 0.3 is 0 Å². The van der Waals surface area contributed by atoms with Crippen LogP contribution in [-0.2, 0) is 0 Å². The Morgan fingerprint density at radius 2 is 1.48 bits per heavy atom. The number of aromatic hydroxyl groups is 1. The van der Waals surface area contributed by atoms with Gasteiger partial charge in [-0.15, -0.1) is 0 Å². The number of nitrogens with one attached hydrogen (secondary N) is 1. The lowest BCUT2D eigenvalue weighted by molar-refractivity contribution is 0.283. The molecule has 0 aliphatic carbocycles. The molecule has 0 saturated heterocycles. The van der Waals surface area contributed by atoms with E-state index < -0.39 is 0 Å². The highest BCUT2D eigenvalue weighted by Crippen LogP contribution is 2.35. The van der Waals surface area contributed by atoms with Gasteiger partial charge in [-0.25, -0.2) is 5.06 Å². The first-order valence-corrected chi connectivity index (χ1v) is 11.1. The normalized spacial score (nSPS) is 10.5. The zero-order valence-electron chi connectivity index (χ0n) is 18.6. The van der Waals surface area contributed by atoms with E-state index in [1.165, 1.54) is 0 Å². The predicted molar refractivity (Wildman–Crippen MR) is 134 cm³/mol. The number of ether oxygens (including phenoxy) is 1. The van der Waals surface area contributed by atoms with Gasteiger partial charge in [-0.2, -0.15) is 0 Å². The molecule has 5 nitrogen and oxygen atoms in total. The van der Waals surface area contributed by atoms with E-state index in [0.29, 0.717) is 25.4 Å². The Labute approximate surface area is 194 Å². The van der Waals surface area contributed by atoms with Crippen molar-refractivity contribution in [1.82, 2.24) is 0 Å². The van der Waals surface area contributed by atoms with E-state index >= 15 is 0 Å². The van der Waals surface area contributed by atoms with Crippen LogP contribution in [-0.4, -0.2) is 24.8 Å². The minimum Gasteiger partial charge on any atom is -0.504 e. The molecule has 2 N–H and O–H groups in total. The van der Waals surface area contributed by atoms with Crippen molar-refractivity contribution in [3.8, 4) is 28.4 Å². The summed E-state index contributed by atoms with van der Waals surface area (Å²) >= 11 is 0. The maximum Gasteiger partial charge on any atom is 0.184 e. The van der Waals surface area contributed by atoms with Crippen LogP contribution >= 0.6 is 0 Å². The van der Waals surface area contributed by atoms with Crippen LogP contribution in [0.3, 0.4) is 0 Å². The number of para-hydroxylation sites is 3. The Balaban J connectivity index is 1.59. The number of phenols is 1. The molecule has 0 saturated carbocycles. The van der Waals surface area contributed by atoms with E-state index in [1.54, 1.807) is 12.1 Å². The zero-order chi connectivity index (χ0) is 22.9. The Hall–Kier alpha value is -4.12. The van der Waals surface area contributed by atoms with Gasteiger partial charge < -0.3 is 20.0 Å². The lowest BCUT2D eigenvalue weighted by Crippen LogP contribution is -2.32. The summed E-state index contributed by atoms with van der Waals surface area (Å²) in [5.74, 6) is 1.33. The molecule has 0 fully saturated rings. The monoisotopic (exact) mass is 440 g/mol. The molecule has 0 spiro atoms. The third kappa shape index (κ3) is 5.57. The second-order valence-electron chi connectivity index (χ2n) is 7.40. The summed E-state index contributed by atoms with van der Waals surface area (Å²) in [4.78, 5) is 6.31. The maximum atomic E-state index is 10.2. The fourth-order valence-electron chi connectivity index (χ4n) is 3.63. The third-order valence-corrected chi connectivity index (χ3v) is 5.13. The van der Waals surface area contributed by atoms with Crippen molar-refractivity contribution >= 4 is 11.4 Å². The molecule has 0 unspecified atom stereocenters. The third-order valence-electron chi connectivity index (χ3n) is 5.13. The van der Waals surface area contributed by atoms with Gasteiger partial charge in [0.05, 0.1) is 24.5 Å². The van der Waals surface area contributed by atoms with Crippen LogP contribution in [0.4, 0.5) is 11.4 Å². The number of rotatable bonds is 10. The molecule has 4 aromatic rings. The topological polar surface area (TPSA) is 54.0 Å². The van der Waals surface area contributed by atoms with Gasteiger partial charge in [0.25, 0.3) is 0 Å². The van der Waals surface area contributed by atoms with Gasteiger partial charge in [0.2, 0.25) is 0 Å². The van der Waals surface area contributed by atoms with Crippen molar-refractivity contribution in [2.45, 2.75) is 6.92 Å². The van der Waals surface area contributed by atoms with Crippen LogP contribution in [0.5, 0.6) is 17.2 Å². The van der Waals surface area contributed by atoms with Gasteiger partial charge in [0.1, 0.15) is 0 Å². The number of nitrogens with zero attached hydrogens (tertiary/aromatic N) is 1. The molecule has 4 aromatic carbocycles. The zero-order valence-corrected chi connectivity index (χ0v) is 18.6. The predicted octanol–water partition coefficient (Wildman–Crippen LogP) is 6.37. The summed E-state index contributed by atoms with van der Waals surface area (Å²) in [6, 6.07) is 33.5. The molecule has 0 bridgehead atoms. The summed E-state index contributed by atoms with van der Waals surface area (Å²) in [6.07, 6.45) is 0. The molecule has 0 aliphatic heterocycles. The molecular weight excluding hydrogens is 412 g/mol. The minimum atomic E-state index is 0.119. The second-order valence-corrected chi connectivity index (χ2v) is 7.40. The molecule has 0 amide bonds. The van der Waals surface area contributed by atoms with Crippen molar-refractivity contribution in [2.24, 2.45) is 0 Å². The van der Waals surface area contributed by atoms with Crippen molar-refractivity contribution in [1.29, 1.82) is 0 Å². The van der Waals surface area contributed by atoms with Crippen LogP contribution in [0.25, 0.3) is 11.1 Å². The number of benzene rings is 4. The van der Waals surface area contributed by atoms with Crippen LogP contribution in [0.15, 0.2) is 103 Å². The number of phenolic OH excluding ortho intramolecular Hbond substituents is 1. The molecule has 0 aromatic heterocycles. The highest BCUT2D eigenvalue weighted by Gasteiger charge is 2.15. The molecule has 4 rings (SSSR count). The van der Waals surface area contributed by atoms with Gasteiger partial charge in [-0.05, 0) is 42.8 Å². The first-order valence-electron chi connectivity index (χ1n) is 11.1. The van der Waals surface area contributed by atoms with Crippen LogP contribution in [0, 0.1) is 0 Å². The Bertz CT molecular complexity index is 1150. The van der Waals surface area contributed by atoms with Crippen LogP contribution < -0.4 is 20.0 Å². The summed E-state index contributed by atoms with van der Waals surface area (Å²) in [7, 11) is 0. The fourth-order valence-corrected chi connectivity index (χ4v) is 3.63.